The first-order valence-corrected chi connectivity index (χ1v) is 12.9. The molecule has 2 unspecified atom stereocenters. The maximum absolute atomic E-state index is 2.37. The van der Waals surface area contributed by atoms with Crippen molar-refractivity contribution in [2.24, 2.45) is 11.8 Å². The molecular formula is C30H33Cl2HfSi. The monoisotopic (exact) mass is 671 g/mol. The van der Waals surface area contributed by atoms with Crippen LogP contribution in [0.5, 0.6) is 0 Å². The van der Waals surface area contributed by atoms with Crippen molar-refractivity contribution in [3.05, 3.63) is 121 Å². The van der Waals surface area contributed by atoms with Gasteiger partial charge in [-0.25, -0.2) is 36.1 Å². The van der Waals surface area contributed by atoms with Crippen molar-refractivity contribution in [1.82, 2.24) is 0 Å². The van der Waals surface area contributed by atoms with Gasteiger partial charge >= 0.3 is 25.8 Å². The quantitative estimate of drug-likeness (QED) is 0.314. The van der Waals surface area contributed by atoms with E-state index in [9.17, 15) is 0 Å². The van der Waals surface area contributed by atoms with E-state index in [0.717, 1.165) is 11.8 Å². The standard InChI is InChI=1S/C12H11Si.2C9H11.2ClH.Hf/c1-3-7-11(8-4-1)13-12-9-5-2-6-10-12;2*1-2-5-9-7-3-6-8(9)4-1;;;/h1-10,13H;2*1-2,4,6,9H,3,5,7H2;2*1H;/q;2*-1;;;+4/p-2. The van der Waals surface area contributed by atoms with E-state index in [4.69, 9.17) is 0 Å². The summed E-state index contributed by atoms with van der Waals surface area (Å²) in [5, 5.41) is 2.90. The number of rotatable bonds is 2. The molecule has 0 spiro atoms. The van der Waals surface area contributed by atoms with Gasteiger partial charge in [-0.3, -0.25) is 0 Å². The summed E-state index contributed by atoms with van der Waals surface area (Å²) in [6, 6.07) is 21.3. The topological polar surface area (TPSA) is 0 Å². The molecule has 2 saturated carbocycles. The fraction of sp³-hybridized carbons (Fsp3) is 0.267. The van der Waals surface area contributed by atoms with Gasteiger partial charge in [0.1, 0.15) is 9.52 Å². The predicted molar refractivity (Wildman–Crippen MR) is 137 cm³/mol. The molecule has 4 aliphatic carbocycles. The van der Waals surface area contributed by atoms with E-state index in [1.165, 1.54) is 48.9 Å². The summed E-state index contributed by atoms with van der Waals surface area (Å²) >= 11 is 0. The molecule has 4 aliphatic rings. The molecule has 0 nitrogen and oxygen atoms in total. The third-order valence-electron chi connectivity index (χ3n) is 6.36. The fourth-order valence-electron chi connectivity index (χ4n) is 4.62. The Morgan fingerprint density at radius 2 is 1.03 bits per heavy atom. The van der Waals surface area contributed by atoms with Crippen LogP contribution >= 0.6 is 0 Å². The van der Waals surface area contributed by atoms with Crippen LogP contribution in [0.15, 0.2) is 108 Å². The van der Waals surface area contributed by atoms with Crippen molar-refractivity contribution in [3.63, 3.8) is 0 Å². The molecule has 2 aromatic carbocycles. The van der Waals surface area contributed by atoms with Crippen LogP contribution in [-0.2, 0) is 25.8 Å². The minimum Gasteiger partial charge on any atom is -1.00 e. The molecule has 0 bridgehead atoms. The van der Waals surface area contributed by atoms with Crippen LogP contribution in [0, 0.1) is 24.7 Å². The summed E-state index contributed by atoms with van der Waals surface area (Å²) in [6.07, 6.45) is 26.1. The van der Waals surface area contributed by atoms with Crippen molar-refractivity contribution >= 4 is 19.9 Å². The number of hydrogen-bond donors (Lipinski definition) is 0. The van der Waals surface area contributed by atoms with E-state index in [1.54, 1.807) is 11.1 Å². The Balaban J connectivity index is 0.000000249. The number of halogens is 2. The molecule has 2 fully saturated rings. The maximum atomic E-state index is 2.37. The predicted octanol–water partition coefficient (Wildman–Crippen LogP) is 0.0534. The third-order valence-corrected chi connectivity index (χ3v) is 7.79. The van der Waals surface area contributed by atoms with Gasteiger partial charge in [-0.15, -0.1) is 37.1 Å². The fourth-order valence-corrected chi connectivity index (χ4v) is 5.83. The minimum absolute atomic E-state index is 0. The first-order chi connectivity index (χ1) is 15.4. The van der Waals surface area contributed by atoms with E-state index in [1.807, 2.05) is 0 Å². The Bertz CT molecular complexity index is 857. The van der Waals surface area contributed by atoms with Gasteiger partial charge in [0.05, 0.1) is 0 Å². The van der Waals surface area contributed by atoms with Crippen LogP contribution < -0.4 is 35.2 Å². The zero-order valence-electron chi connectivity index (χ0n) is 19.6. The van der Waals surface area contributed by atoms with E-state index in [2.05, 4.69) is 110 Å². The molecule has 2 atom stereocenters. The summed E-state index contributed by atoms with van der Waals surface area (Å²) in [4.78, 5) is 0. The SMILES string of the molecule is C1=CCC2CC[CH-]C2=C1.C1=CCC2CC[CH-]C2=C1.[Cl-].[Cl-].[Hf+4].c1ccc([SiH]c2ccccc2)cc1. The zero-order valence-corrected chi connectivity index (χ0v) is 25.9. The normalized spacial score (nSPS) is 20.2. The summed E-state index contributed by atoms with van der Waals surface area (Å²) in [7, 11) is 0.271. The van der Waals surface area contributed by atoms with Gasteiger partial charge in [0.25, 0.3) is 0 Å². The molecule has 34 heavy (non-hydrogen) atoms. The first-order valence-electron chi connectivity index (χ1n) is 11.7. The van der Waals surface area contributed by atoms with Crippen molar-refractivity contribution in [2.75, 3.05) is 0 Å². The van der Waals surface area contributed by atoms with Crippen LogP contribution in [0.25, 0.3) is 0 Å². The van der Waals surface area contributed by atoms with Crippen LogP contribution in [0.3, 0.4) is 0 Å². The van der Waals surface area contributed by atoms with Crippen molar-refractivity contribution in [1.29, 1.82) is 0 Å². The van der Waals surface area contributed by atoms with E-state index in [0.29, 0.717) is 0 Å². The zero-order chi connectivity index (χ0) is 21.1. The Morgan fingerprint density at radius 3 is 1.41 bits per heavy atom. The molecule has 0 amide bonds. The van der Waals surface area contributed by atoms with Gasteiger partial charge in [0, 0.05) is 0 Å². The Hall–Kier alpha value is -1.19. The van der Waals surface area contributed by atoms with Crippen molar-refractivity contribution < 1.29 is 50.7 Å². The van der Waals surface area contributed by atoms with E-state index < -0.39 is 0 Å². The van der Waals surface area contributed by atoms with Gasteiger partial charge in [-0.05, 0) is 24.7 Å². The molecule has 0 N–H and O–H groups in total. The molecular weight excluding hydrogens is 638 g/mol. The average molecular weight is 671 g/mol. The van der Waals surface area contributed by atoms with E-state index >= 15 is 0 Å². The van der Waals surface area contributed by atoms with Crippen LogP contribution in [0.1, 0.15) is 38.5 Å². The molecule has 6 rings (SSSR count). The molecule has 175 valence electrons. The number of allylic oxidation sites excluding steroid dienone is 8. The number of hydrogen-bond acceptors (Lipinski definition) is 0. The van der Waals surface area contributed by atoms with Gasteiger partial charge in [0.15, 0.2) is 0 Å². The van der Waals surface area contributed by atoms with Gasteiger partial charge in [-0.1, -0.05) is 83.9 Å². The summed E-state index contributed by atoms with van der Waals surface area (Å²) in [5.74, 6) is 1.77. The number of fused-ring (bicyclic) bond motifs is 2. The minimum atomic E-state index is 0. The van der Waals surface area contributed by atoms with Crippen LogP contribution in [-0.4, -0.2) is 9.52 Å². The van der Waals surface area contributed by atoms with Gasteiger partial charge in [0.2, 0.25) is 0 Å². The molecule has 0 aliphatic heterocycles. The summed E-state index contributed by atoms with van der Waals surface area (Å²) < 4.78 is 0. The molecule has 0 aromatic heterocycles. The van der Waals surface area contributed by atoms with Crippen LogP contribution in [0.4, 0.5) is 0 Å². The van der Waals surface area contributed by atoms with Crippen LogP contribution in [0.2, 0.25) is 0 Å². The molecule has 1 radical (unpaired) electrons. The van der Waals surface area contributed by atoms with Gasteiger partial charge < -0.3 is 24.8 Å². The smallest absolute Gasteiger partial charge is 1.00 e. The third kappa shape index (κ3) is 9.82. The molecule has 2 aromatic rings. The van der Waals surface area contributed by atoms with Crippen molar-refractivity contribution in [2.45, 2.75) is 38.5 Å². The summed E-state index contributed by atoms with van der Waals surface area (Å²) in [5.41, 5.74) is 3.16. The maximum Gasteiger partial charge on any atom is 4.00 e. The second kappa shape index (κ2) is 17.3. The number of benzene rings is 2. The summed E-state index contributed by atoms with van der Waals surface area (Å²) in [6.45, 7) is 0. The first kappa shape index (κ1) is 30.8. The Morgan fingerprint density at radius 1 is 0.618 bits per heavy atom. The Labute approximate surface area is 240 Å². The van der Waals surface area contributed by atoms with Crippen molar-refractivity contribution in [3.8, 4) is 0 Å². The second-order valence-corrected chi connectivity index (χ2v) is 10.2. The second-order valence-electron chi connectivity index (χ2n) is 8.58. The van der Waals surface area contributed by atoms with E-state index in [-0.39, 0.29) is 60.2 Å². The Kier molecular flexibility index (Phi) is 15.7. The molecule has 0 saturated heterocycles. The van der Waals surface area contributed by atoms with Gasteiger partial charge in [-0.2, -0.15) is 0 Å². The molecule has 4 heteroatoms. The largest absolute Gasteiger partial charge is 4.00 e. The molecule has 0 heterocycles. The average Bonchev–Trinajstić information content (AvgIpc) is 3.51.